The molecular weight excluding hydrogens is 470 g/mol. The van der Waals surface area contributed by atoms with Gasteiger partial charge in [0.2, 0.25) is 6.79 Å². The molecule has 36 heavy (non-hydrogen) atoms. The van der Waals surface area contributed by atoms with Crippen LogP contribution >= 0.6 is 11.8 Å². The highest BCUT2D eigenvalue weighted by atomic mass is 32.2. The summed E-state index contributed by atoms with van der Waals surface area (Å²) in [4.78, 5) is 12.4. The van der Waals surface area contributed by atoms with Crippen LogP contribution in [0.4, 0.5) is 5.69 Å². The first-order valence-corrected chi connectivity index (χ1v) is 12.9. The Balaban J connectivity index is 1.38. The average Bonchev–Trinajstić information content (AvgIpc) is 3.34. The first-order valence-electron chi connectivity index (χ1n) is 12.1. The maximum Gasteiger partial charge on any atom is 0.231 e. The fourth-order valence-electron chi connectivity index (χ4n) is 4.46. The van der Waals surface area contributed by atoms with Gasteiger partial charge in [-0.25, -0.2) is 9.98 Å². The van der Waals surface area contributed by atoms with Gasteiger partial charge in [0.05, 0.1) is 17.8 Å². The highest BCUT2D eigenvalue weighted by molar-refractivity contribution is 8.13. The number of thioether (sulfide) groups is 1. The Hall–Kier alpha value is -3.71. The van der Waals surface area contributed by atoms with Crippen LogP contribution in [-0.2, 0) is 13.1 Å². The number of rotatable bonds is 5. The Morgan fingerprint density at radius 1 is 0.972 bits per heavy atom. The number of hydrogen-bond acceptors (Lipinski definition) is 6. The van der Waals surface area contributed by atoms with Crippen molar-refractivity contribution < 1.29 is 14.2 Å². The Labute approximate surface area is 214 Å². The van der Waals surface area contributed by atoms with E-state index in [9.17, 15) is 0 Å². The Bertz CT molecular complexity index is 1480. The van der Waals surface area contributed by atoms with Gasteiger partial charge in [-0.2, -0.15) is 0 Å². The fraction of sp³-hybridized carbons (Fsp3) is 0.241. The summed E-state index contributed by atoms with van der Waals surface area (Å²) in [6, 6.07) is 20.7. The first-order chi connectivity index (χ1) is 17.6. The molecule has 0 saturated carbocycles. The van der Waals surface area contributed by atoms with Crippen molar-refractivity contribution in [1.29, 1.82) is 0 Å². The van der Waals surface area contributed by atoms with Gasteiger partial charge in [-0.1, -0.05) is 6.07 Å². The van der Waals surface area contributed by atoms with Gasteiger partial charge in [0.15, 0.2) is 16.7 Å². The quantitative estimate of drug-likeness (QED) is 0.303. The van der Waals surface area contributed by atoms with Gasteiger partial charge < -0.3 is 19.1 Å². The van der Waals surface area contributed by atoms with Gasteiger partial charge in [-0.05, 0) is 104 Å². The standard InChI is InChI=1S/C29H27N3O3S/c1-4-33-24-8-6-23(7-9-24)30-29-32(15-20-5-10-26-27(13-20)35-17-34-26)16-22-14-21-11-18(2)19(3)12-25(21)31-28(22)36-29/h5-14H,4,15-17H2,1-3H3. The van der Waals surface area contributed by atoms with Crippen molar-refractivity contribution in [3.05, 3.63) is 82.9 Å². The van der Waals surface area contributed by atoms with E-state index in [-0.39, 0.29) is 6.79 Å². The Kier molecular flexibility index (Phi) is 5.93. The van der Waals surface area contributed by atoms with Gasteiger partial charge in [-0.3, -0.25) is 0 Å². The molecule has 6 nitrogen and oxygen atoms in total. The molecule has 7 heteroatoms. The number of ether oxygens (including phenoxy) is 3. The molecule has 6 rings (SSSR count). The largest absolute Gasteiger partial charge is 0.494 e. The van der Waals surface area contributed by atoms with Crippen molar-refractivity contribution in [2.45, 2.75) is 38.9 Å². The summed E-state index contributed by atoms with van der Waals surface area (Å²) in [5.74, 6) is 2.43. The zero-order chi connectivity index (χ0) is 24.6. The molecule has 0 amide bonds. The molecule has 0 spiro atoms. The number of aryl methyl sites for hydroxylation is 2. The van der Waals surface area contributed by atoms with E-state index in [2.05, 4.69) is 49.1 Å². The van der Waals surface area contributed by atoms with E-state index >= 15 is 0 Å². The SMILES string of the molecule is CCOc1ccc(N=C2Sc3nc4cc(C)c(C)cc4cc3CN2Cc2ccc3c(c2)OCO3)cc1. The summed E-state index contributed by atoms with van der Waals surface area (Å²) in [7, 11) is 0. The summed E-state index contributed by atoms with van der Waals surface area (Å²) in [6.07, 6.45) is 0. The van der Waals surface area contributed by atoms with Crippen molar-refractivity contribution in [3.63, 3.8) is 0 Å². The van der Waals surface area contributed by atoms with E-state index in [0.29, 0.717) is 13.2 Å². The number of amidine groups is 1. The molecule has 0 bridgehead atoms. The van der Waals surface area contributed by atoms with E-state index in [1.807, 2.05) is 37.3 Å². The van der Waals surface area contributed by atoms with Crippen LogP contribution in [0, 0.1) is 13.8 Å². The summed E-state index contributed by atoms with van der Waals surface area (Å²) in [5.41, 5.74) is 6.79. The van der Waals surface area contributed by atoms with Crippen molar-refractivity contribution in [2.24, 2.45) is 4.99 Å². The monoisotopic (exact) mass is 497 g/mol. The van der Waals surface area contributed by atoms with E-state index in [0.717, 1.165) is 50.8 Å². The van der Waals surface area contributed by atoms with Crippen molar-refractivity contribution in [1.82, 2.24) is 9.88 Å². The molecule has 2 aliphatic rings. The maximum absolute atomic E-state index is 5.61. The smallest absolute Gasteiger partial charge is 0.231 e. The lowest BCUT2D eigenvalue weighted by Crippen LogP contribution is -2.31. The molecule has 0 saturated heterocycles. The minimum atomic E-state index is 0.272. The number of pyridine rings is 1. The van der Waals surface area contributed by atoms with Crippen LogP contribution in [-0.4, -0.2) is 28.5 Å². The molecule has 3 heterocycles. The number of nitrogens with zero attached hydrogens (tertiary/aromatic N) is 3. The predicted molar refractivity (Wildman–Crippen MR) is 144 cm³/mol. The molecule has 3 aromatic carbocycles. The minimum absolute atomic E-state index is 0.272. The Morgan fingerprint density at radius 2 is 1.78 bits per heavy atom. The maximum atomic E-state index is 5.61. The zero-order valence-corrected chi connectivity index (χ0v) is 21.4. The van der Waals surface area contributed by atoms with E-state index < -0.39 is 0 Å². The van der Waals surface area contributed by atoms with Crippen LogP contribution in [0.1, 0.15) is 29.2 Å². The number of aromatic nitrogens is 1. The molecule has 0 atom stereocenters. The van der Waals surface area contributed by atoms with Gasteiger partial charge in [-0.15, -0.1) is 0 Å². The molecule has 0 fully saturated rings. The number of fused-ring (bicyclic) bond motifs is 3. The van der Waals surface area contributed by atoms with Crippen molar-refractivity contribution in [3.8, 4) is 17.2 Å². The summed E-state index contributed by atoms with van der Waals surface area (Å²) < 4.78 is 16.7. The highest BCUT2D eigenvalue weighted by Crippen LogP contribution is 2.37. The Morgan fingerprint density at radius 3 is 2.61 bits per heavy atom. The normalized spacial score (nSPS) is 15.4. The van der Waals surface area contributed by atoms with Gasteiger partial charge >= 0.3 is 0 Å². The van der Waals surface area contributed by atoms with Crippen LogP contribution in [0.3, 0.4) is 0 Å². The lowest BCUT2D eigenvalue weighted by Gasteiger charge is -2.31. The molecule has 2 aliphatic heterocycles. The van der Waals surface area contributed by atoms with E-state index in [4.69, 9.17) is 24.2 Å². The molecule has 1 aromatic heterocycles. The summed E-state index contributed by atoms with van der Waals surface area (Å²) in [5, 5.41) is 3.10. The van der Waals surface area contributed by atoms with Gasteiger partial charge in [0, 0.05) is 24.0 Å². The van der Waals surface area contributed by atoms with Crippen LogP contribution in [0.25, 0.3) is 10.9 Å². The third-order valence-electron chi connectivity index (χ3n) is 6.47. The number of aliphatic imine (C=N–C) groups is 1. The molecule has 4 aromatic rings. The molecule has 182 valence electrons. The van der Waals surface area contributed by atoms with Gasteiger partial charge in [0.25, 0.3) is 0 Å². The average molecular weight is 498 g/mol. The second-order valence-corrected chi connectivity index (χ2v) is 10.0. The first kappa shape index (κ1) is 22.7. The van der Waals surface area contributed by atoms with E-state index in [1.165, 1.54) is 22.1 Å². The highest BCUT2D eigenvalue weighted by Gasteiger charge is 2.25. The van der Waals surface area contributed by atoms with Crippen LogP contribution in [0.2, 0.25) is 0 Å². The predicted octanol–water partition coefficient (Wildman–Crippen LogP) is 6.77. The van der Waals surface area contributed by atoms with Crippen LogP contribution < -0.4 is 14.2 Å². The van der Waals surface area contributed by atoms with Crippen LogP contribution in [0.5, 0.6) is 17.2 Å². The molecule has 0 radical (unpaired) electrons. The minimum Gasteiger partial charge on any atom is -0.494 e. The molecule has 0 aliphatic carbocycles. The lowest BCUT2D eigenvalue weighted by molar-refractivity contribution is 0.174. The summed E-state index contributed by atoms with van der Waals surface area (Å²) >= 11 is 1.62. The molecule has 0 unspecified atom stereocenters. The third kappa shape index (κ3) is 4.46. The number of benzene rings is 3. The molecular formula is C29H27N3O3S. The van der Waals surface area contributed by atoms with Crippen molar-refractivity contribution in [2.75, 3.05) is 13.4 Å². The van der Waals surface area contributed by atoms with Crippen LogP contribution in [0.15, 0.2) is 70.7 Å². The molecule has 0 N–H and O–H groups in total. The van der Waals surface area contributed by atoms with Gasteiger partial charge in [0.1, 0.15) is 10.8 Å². The number of hydrogen-bond donors (Lipinski definition) is 0. The second kappa shape index (κ2) is 9.39. The topological polar surface area (TPSA) is 56.2 Å². The zero-order valence-electron chi connectivity index (χ0n) is 20.6. The van der Waals surface area contributed by atoms with E-state index in [1.54, 1.807) is 11.8 Å². The fourth-order valence-corrected chi connectivity index (χ4v) is 5.44. The van der Waals surface area contributed by atoms with Crippen molar-refractivity contribution >= 4 is 33.5 Å². The summed E-state index contributed by atoms with van der Waals surface area (Å²) in [6.45, 7) is 8.60. The second-order valence-electron chi connectivity index (χ2n) is 9.05. The lowest BCUT2D eigenvalue weighted by atomic mass is 10.0. The third-order valence-corrected chi connectivity index (χ3v) is 7.55.